The molecule has 0 spiro atoms. The van der Waals surface area contributed by atoms with Gasteiger partial charge in [0, 0.05) is 17.5 Å². The number of carbonyl (C=O) groups is 1. The minimum atomic E-state index is -0.708. The number of benzene rings is 1. The van der Waals surface area contributed by atoms with E-state index in [9.17, 15) is 4.79 Å². The molecule has 0 aliphatic carbocycles. The predicted molar refractivity (Wildman–Crippen MR) is 126 cm³/mol. The fraction of sp³-hybridized carbons (Fsp3) is 0.227. The van der Waals surface area contributed by atoms with Crippen molar-refractivity contribution in [1.82, 2.24) is 19.9 Å². The molecule has 3 heterocycles. The van der Waals surface area contributed by atoms with E-state index < -0.39 is 17.8 Å². The minimum Gasteiger partial charge on any atom is -0.496 e. The third-order valence-electron chi connectivity index (χ3n) is 4.74. The summed E-state index contributed by atoms with van der Waals surface area (Å²) in [6, 6.07) is 4.59. The Hall–Kier alpha value is -3.41. The monoisotopic (exact) mass is 503 g/mol. The first-order chi connectivity index (χ1) is 16.3. The van der Waals surface area contributed by atoms with E-state index in [1.807, 2.05) is 0 Å². The smallest absolute Gasteiger partial charge is 0.318 e. The molecule has 0 aliphatic rings. The van der Waals surface area contributed by atoms with Crippen LogP contribution in [0.2, 0.25) is 5.02 Å². The van der Waals surface area contributed by atoms with Crippen LogP contribution in [0.4, 0.5) is 9.52 Å². The highest BCUT2D eigenvalue weighted by Crippen LogP contribution is 2.38. The molecule has 0 fully saturated rings. The second kappa shape index (κ2) is 9.84. The fourth-order valence-corrected chi connectivity index (χ4v) is 4.07. The number of thiazole rings is 1. The zero-order valence-corrected chi connectivity index (χ0v) is 19.9. The first-order valence-electron chi connectivity index (χ1n) is 10.0. The van der Waals surface area contributed by atoms with Gasteiger partial charge in [0.05, 0.1) is 36.1 Å². The van der Waals surface area contributed by atoms with Crippen molar-refractivity contribution in [1.29, 1.82) is 0 Å². The number of halogens is 2. The molecule has 0 saturated heterocycles. The molecule has 3 aromatic heterocycles. The lowest BCUT2D eigenvalue weighted by atomic mass is 9.98. The Bertz CT molecular complexity index is 1380. The van der Waals surface area contributed by atoms with Crippen molar-refractivity contribution in [3.8, 4) is 22.9 Å². The average Bonchev–Trinajstić information content (AvgIpc) is 3.21. The topological polar surface area (TPSA) is 119 Å². The zero-order valence-electron chi connectivity index (χ0n) is 18.3. The van der Waals surface area contributed by atoms with Crippen LogP contribution in [0.3, 0.4) is 0 Å². The Kier molecular flexibility index (Phi) is 6.87. The van der Waals surface area contributed by atoms with Crippen LogP contribution in [0.25, 0.3) is 21.5 Å². The van der Waals surface area contributed by atoms with Crippen LogP contribution in [0, 0.1) is 12.7 Å². The molecule has 2 N–H and O–H groups in total. The van der Waals surface area contributed by atoms with Crippen LogP contribution in [-0.4, -0.2) is 50.8 Å². The molecule has 1 atom stereocenters. The molecule has 9 nitrogen and oxygen atoms in total. The van der Waals surface area contributed by atoms with Crippen molar-refractivity contribution < 1.29 is 23.8 Å². The molecule has 0 unspecified atom stereocenters. The molecule has 0 saturated carbocycles. The first-order valence-corrected chi connectivity index (χ1v) is 11.2. The standard InChI is InChI=1S/C22H19ClFN5O4S/c1-10-6-12(17-16(32-3)5-4-14(23)18(17)24)13(7-25-10)19(31)28-22-27-15-8-26-21(29-20(15)34-22)33-11(2)9-30/h4-8,11,30H,9H2,1-3H3,(H,27,28,31)/t11-/m0/s1. The molecule has 1 amide bonds. The second-order valence-corrected chi connectivity index (χ2v) is 8.62. The van der Waals surface area contributed by atoms with Gasteiger partial charge in [-0.15, -0.1) is 0 Å². The first kappa shape index (κ1) is 23.7. The number of anilines is 1. The molecule has 0 aliphatic heterocycles. The maximum atomic E-state index is 15.0. The number of rotatable bonds is 7. The van der Waals surface area contributed by atoms with Gasteiger partial charge >= 0.3 is 6.01 Å². The van der Waals surface area contributed by atoms with E-state index >= 15 is 4.39 Å². The minimum absolute atomic E-state index is 0.0561. The summed E-state index contributed by atoms with van der Waals surface area (Å²) in [5, 5.41) is 12.0. The number of amides is 1. The fourth-order valence-electron chi connectivity index (χ4n) is 3.11. The second-order valence-electron chi connectivity index (χ2n) is 7.24. The SMILES string of the molecule is COc1ccc(Cl)c(F)c1-c1cc(C)ncc1C(=O)Nc1nc2cnc(O[C@@H](C)CO)nc2s1. The summed E-state index contributed by atoms with van der Waals surface area (Å²) >= 11 is 7.11. The van der Waals surface area contributed by atoms with Gasteiger partial charge in [-0.05, 0) is 32.0 Å². The number of nitrogens with zero attached hydrogens (tertiary/aromatic N) is 4. The number of hydrogen-bond donors (Lipinski definition) is 2. The number of carbonyl (C=O) groups excluding carboxylic acids is 1. The van der Waals surface area contributed by atoms with Crippen LogP contribution in [-0.2, 0) is 0 Å². The van der Waals surface area contributed by atoms with Crippen molar-refractivity contribution in [3.63, 3.8) is 0 Å². The van der Waals surface area contributed by atoms with E-state index in [1.54, 1.807) is 19.9 Å². The van der Waals surface area contributed by atoms with Crippen LogP contribution in [0.15, 0.2) is 30.6 Å². The molecular weight excluding hydrogens is 485 g/mol. The third-order valence-corrected chi connectivity index (χ3v) is 5.92. The normalized spacial score (nSPS) is 11.9. The van der Waals surface area contributed by atoms with Crippen LogP contribution in [0.5, 0.6) is 11.8 Å². The van der Waals surface area contributed by atoms with E-state index in [2.05, 4.69) is 25.3 Å². The maximum absolute atomic E-state index is 15.0. The average molecular weight is 504 g/mol. The summed E-state index contributed by atoms with van der Waals surface area (Å²) in [6.45, 7) is 3.22. The molecule has 12 heteroatoms. The van der Waals surface area contributed by atoms with Gasteiger partial charge < -0.3 is 14.6 Å². The van der Waals surface area contributed by atoms with Gasteiger partial charge in [0.1, 0.15) is 17.4 Å². The number of aliphatic hydroxyl groups excluding tert-OH is 1. The highest BCUT2D eigenvalue weighted by molar-refractivity contribution is 7.22. The number of fused-ring (bicyclic) bond motifs is 1. The van der Waals surface area contributed by atoms with Gasteiger partial charge in [-0.1, -0.05) is 22.9 Å². The largest absolute Gasteiger partial charge is 0.496 e. The van der Waals surface area contributed by atoms with Gasteiger partial charge in [0.15, 0.2) is 15.8 Å². The molecule has 1 aromatic carbocycles. The van der Waals surface area contributed by atoms with Gasteiger partial charge in [-0.25, -0.2) is 14.4 Å². The Morgan fingerprint density at radius 3 is 2.82 bits per heavy atom. The number of aliphatic hydroxyl groups is 1. The van der Waals surface area contributed by atoms with Crippen LogP contribution < -0.4 is 14.8 Å². The highest BCUT2D eigenvalue weighted by Gasteiger charge is 2.23. The quantitative estimate of drug-likeness (QED) is 0.383. The molecule has 4 aromatic rings. The zero-order chi connectivity index (χ0) is 24.4. The summed E-state index contributed by atoms with van der Waals surface area (Å²) in [4.78, 5) is 30.5. The van der Waals surface area contributed by atoms with Gasteiger partial charge in [-0.3, -0.25) is 15.1 Å². The summed E-state index contributed by atoms with van der Waals surface area (Å²) in [7, 11) is 1.40. The number of hydrogen-bond acceptors (Lipinski definition) is 9. The maximum Gasteiger partial charge on any atom is 0.318 e. The number of ether oxygens (including phenoxy) is 2. The van der Waals surface area contributed by atoms with Crippen LogP contribution >= 0.6 is 22.9 Å². The van der Waals surface area contributed by atoms with E-state index in [1.165, 1.54) is 31.6 Å². The number of aryl methyl sites for hydroxylation is 1. The number of methoxy groups -OCH3 is 1. The van der Waals surface area contributed by atoms with Gasteiger partial charge in [-0.2, -0.15) is 4.98 Å². The summed E-state index contributed by atoms with van der Waals surface area (Å²) in [5.74, 6) is -1.04. The molecule has 34 heavy (non-hydrogen) atoms. The van der Waals surface area contributed by atoms with E-state index in [0.717, 1.165) is 11.3 Å². The third kappa shape index (κ3) is 4.76. The highest BCUT2D eigenvalue weighted by atomic mass is 35.5. The van der Waals surface area contributed by atoms with E-state index in [0.29, 0.717) is 16.0 Å². The predicted octanol–water partition coefficient (Wildman–Crippen LogP) is 4.27. The van der Waals surface area contributed by atoms with Crippen molar-refractivity contribution >= 4 is 44.3 Å². The lowest BCUT2D eigenvalue weighted by Crippen LogP contribution is -2.17. The number of nitrogens with one attached hydrogen (secondary N) is 1. The Morgan fingerprint density at radius 2 is 2.09 bits per heavy atom. The lowest BCUT2D eigenvalue weighted by Gasteiger charge is -2.14. The lowest BCUT2D eigenvalue weighted by molar-refractivity contribution is 0.102. The summed E-state index contributed by atoms with van der Waals surface area (Å²) < 4.78 is 25.7. The Morgan fingerprint density at radius 1 is 1.29 bits per heavy atom. The van der Waals surface area contributed by atoms with Crippen molar-refractivity contribution in [2.24, 2.45) is 0 Å². The van der Waals surface area contributed by atoms with Gasteiger partial charge in [0.2, 0.25) is 0 Å². The van der Waals surface area contributed by atoms with Crippen molar-refractivity contribution in [2.75, 3.05) is 19.0 Å². The van der Waals surface area contributed by atoms with Gasteiger partial charge in [0.25, 0.3) is 5.91 Å². The van der Waals surface area contributed by atoms with Crippen molar-refractivity contribution in [2.45, 2.75) is 20.0 Å². The van der Waals surface area contributed by atoms with Crippen LogP contribution in [0.1, 0.15) is 23.0 Å². The van der Waals surface area contributed by atoms with Crippen molar-refractivity contribution in [3.05, 3.63) is 52.7 Å². The molecule has 4 rings (SSSR count). The summed E-state index contributed by atoms with van der Waals surface area (Å²) in [6.07, 6.45) is 2.34. The Balaban J connectivity index is 1.69. The van der Waals surface area contributed by atoms with E-state index in [-0.39, 0.29) is 45.2 Å². The number of aromatic nitrogens is 4. The Labute approximate surface area is 202 Å². The van der Waals surface area contributed by atoms with E-state index in [4.69, 9.17) is 26.2 Å². The number of pyridine rings is 1. The molecule has 176 valence electrons. The summed E-state index contributed by atoms with van der Waals surface area (Å²) in [5.41, 5.74) is 1.47. The molecule has 0 radical (unpaired) electrons. The molecular formula is C22H19ClFN5O4S. The molecule has 0 bridgehead atoms.